The summed E-state index contributed by atoms with van der Waals surface area (Å²) in [5, 5.41) is 9.36. The van der Waals surface area contributed by atoms with Crippen LogP contribution in [0.1, 0.15) is 12.8 Å². The molecule has 2 bridgehead atoms. The van der Waals surface area contributed by atoms with Crippen molar-refractivity contribution in [3.8, 4) is 0 Å². The van der Waals surface area contributed by atoms with Crippen LogP contribution >= 0.6 is 0 Å². The lowest BCUT2D eigenvalue weighted by atomic mass is 9.77. The molecule has 108 valence electrons. The molecule has 0 unspecified atom stereocenters. The second-order valence-corrected chi connectivity index (χ2v) is 6.09. The molecule has 0 aromatic heterocycles. The molecular formula is C14H17NO5. The molecule has 5 atom stereocenters. The molecule has 1 N–H and O–H groups in total. The van der Waals surface area contributed by atoms with E-state index in [0.29, 0.717) is 13.1 Å². The van der Waals surface area contributed by atoms with Gasteiger partial charge >= 0.3 is 5.97 Å². The minimum absolute atomic E-state index is 0.0821. The van der Waals surface area contributed by atoms with Crippen LogP contribution in [0.4, 0.5) is 0 Å². The van der Waals surface area contributed by atoms with Crippen LogP contribution in [-0.4, -0.2) is 59.4 Å². The highest BCUT2D eigenvalue weighted by Crippen LogP contribution is 2.51. The lowest BCUT2D eigenvalue weighted by Gasteiger charge is -2.23. The highest BCUT2D eigenvalue weighted by Gasteiger charge is 2.67. The maximum absolute atomic E-state index is 12.6. The van der Waals surface area contributed by atoms with Gasteiger partial charge in [0, 0.05) is 13.2 Å². The van der Waals surface area contributed by atoms with E-state index in [1.165, 1.54) is 0 Å². The number of nitrogens with zero attached hydrogens (tertiary/aromatic N) is 1. The van der Waals surface area contributed by atoms with Gasteiger partial charge in [-0.3, -0.25) is 9.59 Å². The van der Waals surface area contributed by atoms with Crippen molar-refractivity contribution in [1.29, 1.82) is 0 Å². The van der Waals surface area contributed by atoms with Gasteiger partial charge in [0.15, 0.2) is 0 Å². The largest absolute Gasteiger partial charge is 0.481 e. The van der Waals surface area contributed by atoms with E-state index >= 15 is 0 Å². The fraction of sp³-hybridized carbons (Fsp3) is 0.714. The highest BCUT2D eigenvalue weighted by molar-refractivity contribution is 5.90. The summed E-state index contributed by atoms with van der Waals surface area (Å²) in [7, 11) is 0. The average Bonchev–Trinajstić information content (AvgIpc) is 3.12. The Morgan fingerprint density at radius 3 is 3.10 bits per heavy atom. The van der Waals surface area contributed by atoms with E-state index in [1.54, 1.807) is 11.0 Å². The molecule has 20 heavy (non-hydrogen) atoms. The topological polar surface area (TPSA) is 76.1 Å². The number of aliphatic carboxylic acids is 1. The number of hydrogen-bond acceptors (Lipinski definition) is 4. The number of carboxylic acids is 1. The Balaban J connectivity index is 1.58. The predicted molar refractivity (Wildman–Crippen MR) is 66.9 cm³/mol. The van der Waals surface area contributed by atoms with E-state index in [2.05, 4.69) is 0 Å². The zero-order chi connectivity index (χ0) is 13.9. The van der Waals surface area contributed by atoms with Gasteiger partial charge in [0.25, 0.3) is 0 Å². The molecule has 4 rings (SSSR count). The molecule has 0 saturated carbocycles. The average molecular weight is 279 g/mol. The molecule has 4 heterocycles. The summed E-state index contributed by atoms with van der Waals surface area (Å²) in [6.45, 7) is 1.75. The van der Waals surface area contributed by atoms with Crippen molar-refractivity contribution in [3.63, 3.8) is 0 Å². The second kappa shape index (κ2) is 4.05. The predicted octanol–water partition coefficient (Wildman–Crippen LogP) is 0.0320. The fourth-order valence-corrected chi connectivity index (χ4v) is 4.05. The molecule has 0 aromatic rings. The third-order valence-corrected chi connectivity index (χ3v) is 4.91. The molecule has 4 aliphatic heterocycles. The van der Waals surface area contributed by atoms with Gasteiger partial charge in [0.2, 0.25) is 5.91 Å². The number of carboxylic acid groups (broad SMARTS) is 1. The molecule has 6 nitrogen and oxygen atoms in total. The third kappa shape index (κ3) is 1.52. The first-order chi connectivity index (χ1) is 9.61. The quantitative estimate of drug-likeness (QED) is 0.738. The van der Waals surface area contributed by atoms with Gasteiger partial charge in [0.05, 0.1) is 24.7 Å². The summed E-state index contributed by atoms with van der Waals surface area (Å²) < 4.78 is 11.4. The van der Waals surface area contributed by atoms with Crippen LogP contribution in [0.3, 0.4) is 0 Å². The zero-order valence-corrected chi connectivity index (χ0v) is 11.0. The van der Waals surface area contributed by atoms with Crippen LogP contribution in [0.5, 0.6) is 0 Å². The Morgan fingerprint density at radius 1 is 1.55 bits per heavy atom. The van der Waals surface area contributed by atoms with E-state index in [-0.39, 0.29) is 12.0 Å². The number of carbonyl (C=O) groups excluding carboxylic acids is 1. The zero-order valence-electron chi connectivity index (χ0n) is 11.0. The van der Waals surface area contributed by atoms with Crippen molar-refractivity contribution in [3.05, 3.63) is 12.2 Å². The molecule has 3 saturated heterocycles. The van der Waals surface area contributed by atoms with Crippen LogP contribution in [0.25, 0.3) is 0 Å². The minimum Gasteiger partial charge on any atom is -0.481 e. The Bertz CT molecular complexity index is 498. The van der Waals surface area contributed by atoms with Gasteiger partial charge in [-0.05, 0) is 12.8 Å². The molecule has 0 aromatic carbocycles. The highest BCUT2D eigenvalue weighted by atomic mass is 16.5. The summed E-state index contributed by atoms with van der Waals surface area (Å²) in [6, 6.07) is 0. The maximum atomic E-state index is 12.6. The Hall–Kier alpha value is -1.40. The fourth-order valence-electron chi connectivity index (χ4n) is 4.05. The van der Waals surface area contributed by atoms with Crippen molar-refractivity contribution in [2.75, 3.05) is 19.7 Å². The standard InChI is InChI=1S/C14H17NO5/c16-12-11-10(13(17)18)9-3-4-14(11,20-9)7-15(12)6-8-2-1-5-19-8/h3-4,8-11H,1-2,5-7H2,(H,17,18)/t8-,9-,10+,11-,14-/m1/s1. The Kier molecular flexibility index (Phi) is 2.50. The summed E-state index contributed by atoms with van der Waals surface area (Å²) in [6.07, 6.45) is 5.29. The van der Waals surface area contributed by atoms with Crippen molar-refractivity contribution >= 4 is 11.9 Å². The molecule has 3 fully saturated rings. The van der Waals surface area contributed by atoms with E-state index < -0.39 is 29.5 Å². The van der Waals surface area contributed by atoms with Crippen LogP contribution in [0.15, 0.2) is 12.2 Å². The summed E-state index contributed by atoms with van der Waals surface area (Å²) in [5.41, 5.74) is -0.719. The van der Waals surface area contributed by atoms with Gasteiger partial charge < -0.3 is 19.5 Å². The molecule has 0 radical (unpaired) electrons. The first kappa shape index (κ1) is 12.3. The Labute approximate surface area is 116 Å². The van der Waals surface area contributed by atoms with E-state index in [4.69, 9.17) is 9.47 Å². The Morgan fingerprint density at radius 2 is 2.40 bits per heavy atom. The van der Waals surface area contributed by atoms with Crippen LogP contribution in [0.2, 0.25) is 0 Å². The first-order valence-corrected chi connectivity index (χ1v) is 7.11. The molecular weight excluding hydrogens is 262 g/mol. The summed E-state index contributed by atoms with van der Waals surface area (Å²) >= 11 is 0. The van der Waals surface area contributed by atoms with E-state index in [0.717, 1.165) is 19.4 Å². The lowest BCUT2D eigenvalue weighted by molar-refractivity contribution is -0.148. The van der Waals surface area contributed by atoms with Crippen molar-refractivity contribution < 1.29 is 24.2 Å². The lowest BCUT2D eigenvalue weighted by Crippen LogP contribution is -2.39. The van der Waals surface area contributed by atoms with Crippen molar-refractivity contribution in [1.82, 2.24) is 4.90 Å². The monoisotopic (exact) mass is 279 g/mol. The van der Waals surface area contributed by atoms with Crippen LogP contribution < -0.4 is 0 Å². The van der Waals surface area contributed by atoms with Gasteiger partial charge in [-0.25, -0.2) is 0 Å². The number of likely N-dealkylation sites (tertiary alicyclic amines) is 1. The van der Waals surface area contributed by atoms with Gasteiger partial charge in [-0.2, -0.15) is 0 Å². The first-order valence-electron chi connectivity index (χ1n) is 7.11. The third-order valence-electron chi connectivity index (χ3n) is 4.91. The normalized spacial score (nSPS) is 45.4. The SMILES string of the molecule is O=C(O)[C@H]1[C@H]2C=C[C@]3(CN(C[C@H]4CCCO4)C(=O)[C@@H]13)O2. The second-order valence-electron chi connectivity index (χ2n) is 6.09. The molecule has 1 amide bonds. The van der Waals surface area contributed by atoms with E-state index in [9.17, 15) is 14.7 Å². The van der Waals surface area contributed by atoms with Crippen molar-refractivity contribution in [2.45, 2.75) is 30.7 Å². The van der Waals surface area contributed by atoms with Gasteiger partial charge in [0.1, 0.15) is 11.5 Å². The van der Waals surface area contributed by atoms with Crippen LogP contribution in [-0.2, 0) is 19.1 Å². The molecule has 4 aliphatic rings. The van der Waals surface area contributed by atoms with E-state index in [1.807, 2.05) is 6.08 Å². The number of rotatable bonds is 3. The molecule has 6 heteroatoms. The van der Waals surface area contributed by atoms with Crippen LogP contribution in [0, 0.1) is 11.8 Å². The van der Waals surface area contributed by atoms with Gasteiger partial charge in [-0.15, -0.1) is 0 Å². The maximum Gasteiger partial charge on any atom is 0.310 e. The number of fused-ring (bicyclic) bond motifs is 1. The summed E-state index contributed by atoms with van der Waals surface area (Å²) in [4.78, 5) is 25.7. The number of amides is 1. The van der Waals surface area contributed by atoms with Crippen molar-refractivity contribution in [2.24, 2.45) is 11.8 Å². The number of carbonyl (C=O) groups is 2. The minimum atomic E-state index is -0.946. The van der Waals surface area contributed by atoms with Gasteiger partial charge in [-0.1, -0.05) is 12.2 Å². The molecule has 0 aliphatic carbocycles. The smallest absolute Gasteiger partial charge is 0.310 e. The number of ether oxygens (including phenoxy) is 2. The molecule has 1 spiro atoms. The number of hydrogen-bond donors (Lipinski definition) is 1. The summed E-state index contributed by atoms with van der Waals surface area (Å²) in [5.74, 6) is -2.36.